The number of nitrogens with one attached hydrogen (secondary N) is 1. The molecule has 1 atom stereocenters. The molecule has 0 aromatic carbocycles. The molecule has 1 saturated heterocycles. The molecule has 2 aromatic heterocycles. The zero-order valence-corrected chi connectivity index (χ0v) is 13.7. The molecule has 2 aromatic rings. The van der Waals surface area contributed by atoms with E-state index in [1.807, 2.05) is 0 Å². The van der Waals surface area contributed by atoms with Crippen LogP contribution in [-0.2, 0) is 4.79 Å². The van der Waals surface area contributed by atoms with E-state index in [0.29, 0.717) is 24.2 Å². The Morgan fingerprint density at radius 2 is 2.04 bits per heavy atom. The average Bonchev–Trinajstić information content (AvgIpc) is 2.63. The smallest absolute Gasteiger partial charge is 0.256 e. The molecule has 0 aliphatic carbocycles. The summed E-state index contributed by atoms with van der Waals surface area (Å²) in [6.45, 7) is 0.548. The van der Waals surface area contributed by atoms with Crippen LogP contribution in [0.15, 0.2) is 42.9 Å². The summed E-state index contributed by atoms with van der Waals surface area (Å²) in [4.78, 5) is 34.9. The van der Waals surface area contributed by atoms with Crippen LogP contribution in [0, 0.1) is 0 Å². The molecule has 3 heterocycles. The van der Waals surface area contributed by atoms with Gasteiger partial charge in [-0.3, -0.25) is 14.6 Å². The lowest BCUT2D eigenvalue weighted by Crippen LogP contribution is -2.50. The van der Waals surface area contributed by atoms with Crippen LogP contribution in [0.25, 0.3) is 0 Å². The van der Waals surface area contributed by atoms with E-state index in [-0.39, 0.29) is 17.0 Å². The van der Waals surface area contributed by atoms with Crippen molar-refractivity contribution in [2.24, 2.45) is 0 Å². The van der Waals surface area contributed by atoms with Crippen LogP contribution in [0.1, 0.15) is 29.6 Å². The Bertz CT molecular complexity index is 738. The molecule has 7 heteroatoms. The number of aromatic nitrogens is 2. The van der Waals surface area contributed by atoms with E-state index in [4.69, 9.17) is 11.6 Å². The van der Waals surface area contributed by atoms with Crippen LogP contribution < -0.4 is 5.32 Å². The van der Waals surface area contributed by atoms with E-state index in [2.05, 4.69) is 15.3 Å². The fourth-order valence-electron chi connectivity index (χ4n) is 2.80. The lowest BCUT2D eigenvalue weighted by molar-refractivity contribution is -0.121. The summed E-state index contributed by atoms with van der Waals surface area (Å²) in [5.74, 6) is -0.429. The molecule has 1 aliphatic heterocycles. The van der Waals surface area contributed by atoms with E-state index in [1.54, 1.807) is 41.6 Å². The number of anilines is 1. The molecule has 0 saturated carbocycles. The number of pyridine rings is 2. The number of carbonyl (C=O) groups is 2. The van der Waals surface area contributed by atoms with Crippen molar-refractivity contribution in [2.45, 2.75) is 25.3 Å². The number of nitrogens with zero attached hydrogens (tertiary/aromatic N) is 3. The Balaban J connectivity index is 1.78. The Labute approximate surface area is 144 Å². The number of piperidine rings is 1. The summed E-state index contributed by atoms with van der Waals surface area (Å²) < 4.78 is 0. The number of rotatable bonds is 3. The molecular formula is C17H17ClN4O2. The van der Waals surface area contributed by atoms with Gasteiger partial charge in [0.15, 0.2) is 5.15 Å². The van der Waals surface area contributed by atoms with Crippen molar-refractivity contribution >= 4 is 29.1 Å². The zero-order valence-electron chi connectivity index (χ0n) is 13.0. The molecular weight excluding hydrogens is 328 g/mol. The maximum Gasteiger partial charge on any atom is 0.256 e. The third kappa shape index (κ3) is 3.54. The first-order valence-corrected chi connectivity index (χ1v) is 8.17. The van der Waals surface area contributed by atoms with Gasteiger partial charge in [0, 0.05) is 25.1 Å². The number of carbonyl (C=O) groups excluding carboxylic acids is 2. The van der Waals surface area contributed by atoms with Crippen molar-refractivity contribution in [3.05, 3.63) is 53.6 Å². The standard InChI is InChI=1S/C17H17ClN4O2/c18-15-13(6-4-9-20-15)21-16(23)14-7-1-2-10-22(14)17(24)12-5-3-8-19-11-12/h3-6,8-9,11,14H,1-2,7,10H2,(H,21,23). The maximum absolute atomic E-state index is 12.7. The fourth-order valence-corrected chi connectivity index (χ4v) is 2.96. The molecule has 0 radical (unpaired) electrons. The first-order valence-electron chi connectivity index (χ1n) is 7.79. The highest BCUT2D eigenvalue weighted by molar-refractivity contribution is 6.32. The van der Waals surface area contributed by atoms with Gasteiger partial charge in [-0.1, -0.05) is 11.6 Å². The zero-order chi connectivity index (χ0) is 16.9. The molecule has 6 nitrogen and oxygen atoms in total. The number of halogens is 1. The largest absolute Gasteiger partial charge is 0.327 e. The second kappa shape index (κ2) is 7.40. The van der Waals surface area contributed by atoms with Gasteiger partial charge in [-0.25, -0.2) is 4.98 Å². The van der Waals surface area contributed by atoms with Gasteiger partial charge < -0.3 is 10.2 Å². The number of hydrogen-bond acceptors (Lipinski definition) is 4. The van der Waals surface area contributed by atoms with Crippen LogP contribution in [-0.4, -0.2) is 39.3 Å². The molecule has 1 unspecified atom stereocenters. The molecule has 0 spiro atoms. The highest BCUT2D eigenvalue weighted by atomic mass is 35.5. The summed E-state index contributed by atoms with van der Waals surface area (Å²) in [5.41, 5.74) is 0.931. The van der Waals surface area contributed by atoms with E-state index in [0.717, 1.165) is 12.8 Å². The minimum Gasteiger partial charge on any atom is -0.327 e. The second-order valence-electron chi connectivity index (χ2n) is 5.58. The van der Waals surface area contributed by atoms with Crippen LogP contribution in [0.3, 0.4) is 0 Å². The van der Waals surface area contributed by atoms with Gasteiger partial charge in [-0.15, -0.1) is 0 Å². The Hall–Kier alpha value is -2.47. The van der Waals surface area contributed by atoms with Crippen molar-refractivity contribution < 1.29 is 9.59 Å². The average molecular weight is 345 g/mol. The van der Waals surface area contributed by atoms with Gasteiger partial charge in [0.2, 0.25) is 5.91 Å². The van der Waals surface area contributed by atoms with Crippen molar-refractivity contribution in [1.29, 1.82) is 0 Å². The van der Waals surface area contributed by atoms with Crippen LogP contribution in [0.5, 0.6) is 0 Å². The summed E-state index contributed by atoms with van der Waals surface area (Å²) in [6.07, 6.45) is 7.08. The lowest BCUT2D eigenvalue weighted by atomic mass is 10.00. The van der Waals surface area contributed by atoms with Crippen molar-refractivity contribution in [2.75, 3.05) is 11.9 Å². The first kappa shape index (κ1) is 16.4. The van der Waals surface area contributed by atoms with Crippen molar-refractivity contribution in [3.63, 3.8) is 0 Å². The maximum atomic E-state index is 12.7. The topological polar surface area (TPSA) is 75.2 Å². The summed E-state index contributed by atoms with van der Waals surface area (Å²) in [6, 6.07) is 6.27. The summed E-state index contributed by atoms with van der Waals surface area (Å²) in [7, 11) is 0. The number of hydrogen-bond donors (Lipinski definition) is 1. The first-order chi connectivity index (χ1) is 11.7. The fraction of sp³-hybridized carbons (Fsp3) is 0.294. The van der Waals surface area contributed by atoms with E-state index >= 15 is 0 Å². The van der Waals surface area contributed by atoms with E-state index < -0.39 is 6.04 Å². The van der Waals surface area contributed by atoms with Crippen LogP contribution in [0.4, 0.5) is 5.69 Å². The lowest BCUT2D eigenvalue weighted by Gasteiger charge is -2.34. The van der Waals surface area contributed by atoms with Crippen molar-refractivity contribution in [1.82, 2.24) is 14.9 Å². The van der Waals surface area contributed by atoms with Gasteiger partial charge in [0.1, 0.15) is 6.04 Å². The quantitative estimate of drug-likeness (QED) is 0.869. The molecule has 2 amide bonds. The Kier molecular flexibility index (Phi) is 5.05. The normalized spacial score (nSPS) is 17.4. The minimum absolute atomic E-state index is 0.180. The Morgan fingerprint density at radius 3 is 2.79 bits per heavy atom. The molecule has 0 bridgehead atoms. The van der Waals surface area contributed by atoms with Crippen molar-refractivity contribution in [3.8, 4) is 0 Å². The molecule has 3 rings (SSSR count). The van der Waals surface area contributed by atoms with Gasteiger partial charge in [-0.2, -0.15) is 0 Å². The number of likely N-dealkylation sites (tertiary alicyclic amines) is 1. The van der Waals surface area contributed by atoms with Crippen LogP contribution in [0.2, 0.25) is 5.15 Å². The number of amides is 2. The molecule has 24 heavy (non-hydrogen) atoms. The molecule has 1 fully saturated rings. The van der Waals surface area contributed by atoms with E-state index in [9.17, 15) is 9.59 Å². The highest BCUT2D eigenvalue weighted by Crippen LogP contribution is 2.23. The summed E-state index contributed by atoms with van der Waals surface area (Å²) in [5, 5.41) is 3.00. The third-order valence-corrected chi connectivity index (χ3v) is 4.29. The van der Waals surface area contributed by atoms with Crippen LogP contribution >= 0.6 is 11.6 Å². The monoisotopic (exact) mass is 344 g/mol. The summed E-state index contributed by atoms with van der Waals surface area (Å²) >= 11 is 5.99. The van der Waals surface area contributed by atoms with Gasteiger partial charge in [0.25, 0.3) is 5.91 Å². The third-order valence-electron chi connectivity index (χ3n) is 3.99. The molecule has 124 valence electrons. The van der Waals surface area contributed by atoms with Gasteiger partial charge in [0.05, 0.1) is 11.3 Å². The Morgan fingerprint density at radius 1 is 1.21 bits per heavy atom. The highest BCUT2D eigenvalue weighted by Gasteiger charge is 2.33. The molecule has 1 aliphatic rings. The second-order valence-corrected chi connectivity index (χ2v) is 5.94. The van der Waals surface area contributed by atoms with Gasteiger partial charge >= 0.3 is 0 Å². The van der Waals surface area contributed by atoms with Gasteiger partial charge in [-0.05, 0) is 43.5 Å². The SMILES string of the molecule is O=C(Nc1cccnc1Cl)C1CCCCN1C(=O)c1cccnc1. The predicted molar refractivity (Wildman–Crippen MR) is 90.8 cm³/mol. The molecule has 1 N–H and O–H groups in total. The minimum atomic E-state index is -0.525. The predicted octanol–water partition coefficient (Wildman–Crippen LogP) is 2.76. The van der Waals surface area contributed by atoms with E-state index in [1.165, 1.54) is 6.20 Å².